The first-order chi connectivity index (χ1) is 26.6. The molecule has 12 heteroatoms. The van der Waals surface area contributed by atoms with Crippen molar-refractivity contribution in [2.75, 3.05) is 13.2 Å². The van der Waals surface area contributed by atoms with Crippen LogP contribution >= 0.6 is 11.6 Å². The predicted molar refractivity (Wildman–Crippen MR) is 215 cm³/mol. The molecule has 3 atom stereocenters. The Kier molecular flexibility index (Phi) is 9.05. The van der Waals surface area contributed by atoms with Gasteiger partial charge in [-0.3, -0.25) is 4.79 Å². The summed E-state index contributed by atoms with van der Waals surface area (Å²) >= 11 is 6.76. The van der Waals surface area contributed by atoms with Crippen molar-refractivity contribution in [3.8, 4) is 0 Å². The van der Waals surface area contributed by atoms with Gasteiger partial charge in [0.25, 0.3) is 5.56 Å². The van der Waals surface area contributed by atoms with Crippen LogP contribution in [0.1, 0.15) is 69.2 Å². The maximum absolute atomic E-state index is 14.3. The summed E-state index contributed by atoms with van der Waals surface area (Å²) in [5.41, 5.74) is 2.99. The number of halogens is 1. The second-order valence-electron chi connectivity index (χ2n) is 15.0. The normalized spacial score (nSPS) is 21.8. The second kappa shape index (κ2) is 13.8. The maximum atomic E-state index is 14.3. The van der Waals surface area contributed by atoms with E-state index in [1.54, 1.807) is 19.1 Å². The van der Waals surface area contributed by atoms with E-state index in [-0.39, 0.29) is 36.2 Å². The first-order valence-electron chi connectivity index (χ1n) is 18.8. The van der Waals surface area contributed by atoms with Crippen LogP contribution in [0.25, 0.3) is 38.2 Å². The third-order valence-corrected chi connectivity index (χ3v) is 14.1. The van der Waals surface area contributed by atoms with E-state index in [0.717, 1.165) is 68.9 Å². The molecule has 2 aliphatic carbocycles. The highest BCUT2D eigenvalue weighted by atomic mass is 35.5. The number of pyridine rings is 1. The van der Waals surface area contributed by atoms with E-state index in [1.807, 2.05) is 55.5 Å². The summed E-state index contributed by atoms with van der Waals surface area (Å²) in [7, 11) is -4.05. The lowest BCUT2D eigenvalue weighted by molar-refractivity contribution is -0.197. The number of H-pyrrole nitrogens is 1. The van der Waals surface area contributed by atoms with Gasteiger partial charge in [-0.2, -0.15) is 0 Å². The number of aromatic amines is 1. The average molecular weight is 777 g/mol. The van der Waals surface area contributed by atoms with Crippen molar-refractivity contribution < 1.29 is 22.6 Å². The van der Waals surface area contributed by atoms with Crippen LogP contribution in [0.2, 0.25) is 5.28 Å². The van der Waals surface area contributed by atoms with Crippen LogP contribution in [0.4, 0.5) is 0 Å². The lowest BCUT2D eigenvalue weighted by Crippen LogP contribution is -2.41. The Morgan fingerprint density at radius 3 is 2.64 bits per heavy atom. The third kappa shape index (κ3) is 6.22. The van der Waals surface area contributed by atoms with Crippen molar-refractivity contribution in [1.29, 1.82) is 0 Å². The van der Waals surface area contributed by atoms with E-state index in [0.29, 0.717) is 28.8 Å². The van der Waals surface area contributed by atoms with Crippen LogP contribution in [-0.2, 0) is 29.8 Å². The lowest BCUT2D eigenvalue weighted by Gasteiger charge is -2.37. The van der Waals surface area contributed by atoms with E-state index < -0.39 is 25.9 Å². The summed E-state index contributed by atoms with van der Waals surface area (Å²) in [6.45, 7) is 4.32. The lowest BCUT2D eigenvalue weighted by atomic mass is 9.83. The number of benzene rings is 3. The van der Waals surface area contributed by atoms with Gasteiger partial charge in [-0.25, -0.2) is 22.4 Å². The number of hydrogen-bond acceptors (Lipinski definition) is 8. The van der Waals surface area contributed by atoms with E-state index >= 15 is 0 Å². The fraction of sp³-hybridized carbons (Fsp3) is 0.326. The van der Waals surface area contributed by atoms with Crippen molar-refractivity contribution in [1.82, 2.24) is 18.9 Å². The highest BCUT2D eigenvalue weighted by Gasteiger charge is 2.47. The summed E-state index contributed by atoms with van der Waals surface area (Å²) < 4.78 is 48.3. The molecule has 6 aromatic rings. The second-order valence-corrected chi connectivity index (χ2v) is 17.6. The summed E-state index contributed by atoms with van der Waals surface area (Å²) in [5.74, 6) is 0. The minimum Gasteiger partial charge on any atom is -0.358 e. The number of fused-ring (bicyclic) bond motifs is 3. The molecule has 3 aromatic heterocycles. The zero-order valence-electron chi connectivity index (χ0n) is 30.6. The largest absolute Gasteiger partial charge is 0.358 e. The number of aromatic nitrogens is 4. The summed E-state index contributed by atoms with van der Waals surface area (Å²) in [4.78, 5) is 25.0. The molecule has 3 unspecified atom stereocenters. The SMILES string of the molecule is CC1=CC(c2ccc3nc(Cl)nc(C(COC4CCCCO4)(OC4CC4)c4cccc5ccccc45)c3c2)=CCC1(C)S(=O)(=O)n1ccc2cc[nH]c(=O)c21. The minimum atomic E-state index is -4.05. The number of allylic oxidation sites excluding steroid dienone is 3. The monoisotopic (exact) mass is 776 g/mol. The molecular formula is C43H41ClN4O6S. The van der Waals surface area contributed by atoms with E-state index in [9.17, 15) is 13.2 Å². The van der Waals surface area contributed by atoms with Crippen LogP contribution in [0.15, 0.2) is 108 Å². The third-order valence-electron chi connectivity index (χ3n) is 11.4. The molecule has 0 bridgehead atoms. The molecule has 282 valence electrons. The molecule has 0 amide bonds. The van der Waals surface area contributed by atoms with Crippen LogP contribution in [-0.4, -0.2) is 57.7 Å². The standard InChI is InChI=1S/C43H41ClN4O6S/c1-27-24-31(17-20-42(27,2)55(50,51)48-22-19-29-18-21-45-40(49)38(29)48)30-13-16-36-34(25-30)39(47-41(44)46-36)43(54-32-14-15-32,26-53-37-12-5-6-23-52-37)35-11-7-9-28-8-3-4-10-33(28)35/h3-4,7-11,13,16-19,21-22,24-25,32,37H,5-6,12,14-15,20,23,26H2,1-2H3,(H,45,49). The van der Waals surface area contributed by atoms with Gasteiger partial charge in [0, 0.05) is 35.3 Å². The molecule has 9 rings (SSSR count). The van der Waals surface area contributed by atoms with E-state index in [4.69, 9.17) is 30.8 Å². The van der Waals surface area contributed by atoms with E-state index in [1.165, 1.54) is 12.4 Å². The van der Waals surface area contributed by atoms with Crippen LogP contribution in [0, 0.1) is 0 Å². The molecule has 10 nitrogen and oxygen atoms in total. The van der Waals surface area contributed by atoms with Gasteiger partial charge < -0.3 is 19.2 Å². The van der Waals surface area contributed by atoms with Crippen molar-refractivity contribution in [2.45, 2.75) is 75.1 Å². The highest BCUT2D eigenvalue weighted by Crippen LogP contribution is 2.46. The Hall–Kier alpha value is -4.65. The Balaban J connectivity index is 1.17. The van der Waals surface area contributed by atoms with Gasteiger partial charge in [0.1, 0.15) is 10.3 Å². The van der Waals surface area contributed by atoms with Crippen LogP contribution in [0.5, 0.6) is 0 Å². The number of nitrogens with zero attached hydrogens (tertiary/aromatic N) is 3. The van der Waals surface area contributed by atoms with Gasteiger partial charge >= 0.3 is 0 Å². The first-order valence-corrected chi connectivity index (χ1v) is 20.6. The molecule has 2 fully saturated rings. The zero-order chi connectivity index (χ0) is 38.0. The van der Waals surface area contributed by atoms with Gasteiger partial charge in [0.2, 0.25) is 15.3 Å². The molecule has 1 saturated heterocycles. The quantitative estimate of drug-likeness (QED) is 0.138. The fourth-order valence-electron chi connectivity index (χ4n) is 8.02. The molecule has 1 saturated carbocycles. The predicted octanol–water partition coefficient (Wildman–Crippen LogP) is 8.42. The molecular weight excluding hydrogens is 736 g/mol. The highest BCUT2D eigenvalue weighted by molar-refractivity contribution is 7.91. The number of ether oxygens (including phenoxy) is 3. The topological polar surface area (TPSA) is 125 Å². The molecule has 4 heterocycles. The van der Waals surface area contributed by atoms with Gasteiger partial charge in [0.05, 0.1) is 23.9 Å². The Labute approximate surface area is 323 Å². The van der Waals surface area contributed by atoms with Gasteiger partial charge in [-0.15, -0.1) is 0 Å². The van der Waals surface area contributed by atoms with E-state index in [2.05, 4.69) is 34.2 Å². The summed E-state index contributed by atoms with van der Waals surface area (Å²) in [5, 5.41) is 3.48. The van der Waals surface area contributed by atoms with Crippen molar-refractivity contribution >= 4 is 59.8 Å². The van der Waals surface area contributed by atoms with Crippen LogP contribution in [0.3, 0.4) is 0 Å². The van der Waals surface area contributed by atoms with Crippen molar-refractivity contribution in [2.24, 2.45) is 0 Å². The number of rotatable bonds is 10. The zero-order valence-corrected chi connectivity index (χ0v) is 32.2. The Morgan fingerprint density at radius 2 is 1.84 bits per heavy atom. The minimum absolute atomic E-state index is 0.001000. The summed E-state index contributed by atoms with van der Waals surface area (Å²) in [6.07, 6.45) is 11.3. The average Bonchev–Trinajstić information content (AvgIpc) is 3.90. The Morgan fingerprint density at radius 1 is 1.00 bits per heavy atom. The maximum Gasteiger partial charge on any atom is 0.273 e. The van der Waals surface area contributed by atoms with Gasteiger partial charge in [0.15, 0.2) is 11.9 Å². The Bertz CT molecular complexity index is 2710. The number of nitrogens with one attached hydrogen (secondary N) is 1. The number of hydrogen-bond donors (Lipinski definition) is 1. The molecule has 3 aliphatic rings. The first kappa shape index (κ1) is 36.0. The van der Waals surface area contributed by atoms with Crippen molar-refractivity contribution in [3.05, 3.63) is 135 Å². The molecule has 0 radical (unpaired) electrons. The van der Waals surface area contributed by atoms with Gasteiger partial charge in [-0.1, -0.05) is 60.7 Å². The molecule has 1 aliphatic heterocycles. The summed E-state index contributed by atoms with van der Waals surface area (Å²) in [6, 6.07) is 23.7. The fourth-order valence-corrected chi connectivity index (χ4v) is 10.0. The molecule has 0 spiro atoms. The van der Waals surface area contributed by atoms with Crippen molar-refractivity contribution in [3.63, 3.8) is 0 Å². The van der Waals surface area contributed by atoms with Gasteiger partial charge in [-0.05, 0) is 116 Å². The smallest absolute Gasteiger partial charge is 0.273 e. The molecule has 1 N–H and O–H groups in total. The molecule has 3 aromatic carbocycles. The van der Waals surface area contributed by atoms with Crippen LogP contribution < -0.4 is 5.56 Å². The molecule has 55 heavy (non-hydrogen) atoms.